The lowest BCUT2D eigenvalue weighted by Crippen LogP contribution is -2.16. The molecule has 0 aliphatic carbocycles. The first-order valence-electron chi connectivity index (χ1n) is 9.31. The zero-order valence-electron chi connectivity index (χ0n) is 15.0. The Morgan fingerprint density at radius 3 is 1.50 bits per heavy atom. The van der Waals surface area contributed by atoms with E-state index in [1.165, 1.54) is 22.7 Å². The van der Waals surface area contributed by atoms with Crippen molar-refractivity contribution in [3.05, 3.63) is 66.5 Å². The lowest BCUT2D eigenvalue weighted by atomic mass is 9.96. The lowest BCUT2D eigenvalue weighted by Gasteiger charge is -2.11. The van der Waals surface area contributed by atoms with Crippen molar-refractivity contribution in [2.75, 3.05) is 0 Å². The van der Waals surface area contributed by atoms with Gasteiger partial charge in [0, 0.05) is 53.8 Å². The molecule has 0 amide bonds. The zero-order chi connectivity index (χ0) is 19.7. The third kappa shape index (κ3) is 1.50. The van der Waals surface area contributed by atoms with Crippen molar-refractivity contribution in [3.8, 4) is 0 Å². The van der Waals surface area contributed by atoms with Crippen molar-refractivity contribution < 1.29 is 0 Å². The highest BCUT2D eigenvalue weighted by molar-refractivity contribution is 7.09. The molecule has 2 aromatic carbocycles. The number of benzene rings is 2. The van der Waals surface area contributed by atoms with Crippen molar-refractivity contribution in [1.82, 2.24) is 18.8 Å². The van der Waals surface area contributed by atoms with Gasteiger partial charge in [-0.1, -0.05) is 0 Å². The molecule has 0 N–H and O–H groups in total. The van der Waals surface area contributed by atoms with Crippen molar-refractivity contribution in [1.29, 1.82) is 0 Å². The summed E-state index contributed by atoms with van der Waals surface area (Å²) in [5.41, 5.74) is 4.33. The third-order valence-corrected chi connectivity index (χ3v) is 7.55. The Balaban J connectivity index is 1.76. The number of imidazole rings is 2. The van der Waals surface area contributed by atoms with Gasteiger partial charge in [-0.05, 0) is 24.3 Å². The van der Waals surface area contributed by atoms with Crippen molar-refractivity contribution in [3.63, 3.8) is 0 Å². The number of thiophene rings is 2. The molecule has 0 atom stereocenters. The lowest BCUT2D eigenvalue weighted by molar-refractivity contribution is 1.18. The standard InChI is InChI=1S/C22H8N4O2S2/c27-21-11-3-1-9-17-12(22(28)25-15-7-29-5-13(15)23-19(9)25)4-2-10(18(11)17)20-24-14-6-30-8-16(14)26(20)21/h1-8H. The normalized spacial score (nSPS) is 12.9. The molecular weight excluding hydrogens is 416 g/mol. The monoisotopic (exact) mass is 424 g/mol. The molecule has 8 rings (SSSR count). The largest absolute Gasteiger partial charge is 0.268 e. The molecule has 8 heteroatoms. The summed E-state index contributed by atoms with van der Waals surface area (Å²) in [7, 11) is 0. The van der Waals surface area contributed by atoms with Gasteiger partial charge in [-0.2, -0.15) is 0 Å². The minimum absolute atomic E-state index is 0.107. The van der Waals surface area contributed by atoms with Crippen LogP contribution in [0, 0.1) is 0 Å². The molecule has 30 heavy (non-hydrogen) atoms. The Kier molecular flexibility index (Phi) is 2.41. The van der Waals surface area contributed by atoms with Crippen LogP contribution in [-0.4, -0.2) is 18.8 Å². The van der Waals surface area contributed by atoms with E-state index in [0.717, 1.165) is 43.6 Å². The summed E-state index contributed by atoms with van der Waals surface area (Å²) in [5.74, 6) is 0. The van der Waals surface area contributed by atoms with E-state index in [9.17, 15) is 9.59 Å². The molecule has 0 bridgehead atoms. The molecule has 6 nitrogen and oxygen atoms in total. The quantitative estimate of drug-likeness (QED) is 0.337. The molecule has 8 aromatic rings. The molecule has 140 valence electrons. The molecule has 0 aliphatic rings. The molecular formula is C22H8N4O2S2. The Bertz CT molecular complexity index is 1960. The highest BCUT2D eigenvalue weighted by atomic mass is 32.1. The summed E-state index contributed by atoms with van der Waals surface area (Å²) in [4.78, 5) is 36.4. The van der Waals surface area contributed by atoms with Crippen molar-refractivity contribution >= 4 is 88.4 Å². The summed E-state index contributed by atoms with van der Waals surface area (Å²) in [6.07, 6.45) is 0. The van der Waals surface area contributed by atoms with Crippen LogP contribution in [0.1, 0.15) is 0 Å². The van der Waals surface area contributed by atoms with Gasteiger partial charge in [-0.3, -0.25) is 18.4 Å². The van der Waals surface area contributed by atoms with Crippen LogP contribution in [-0.2, 0) is 0 Å². The number of fused-ring (bicyclic) bond motifs is 8. The Labute approximate surface area is 173 Å². The number of rotatable bonds is 0. The van der Waals surface area contributed by atoms with Crippen molar-refractivity contribution in [2.45, 2.75) is 0 Å². The Morgan fingerprint density at radius 1 is 0.600 bits per heavy atom. The smallest absolute Gasteiger partial charge is 0.264 e. The first-order valence-corrected chi connectivity index (χ1v) is 11.2. The minimum atomic E-state index is -0.107. The average Bonchev–Trinajstić information content (AvgIpc) is 3.49. The molecule has 6 aromatic heterocycles. The molecule has 0 aliphatic heterocycles. The molecule has 0 spiro atoms. The van der Waals surface area contributed by atoms with Crippen LogP contribution in [0.25, 0.3) is 65.7 Å². The van der Waals surface area contributed by atoms with Gasteiger partial charge in [0.1, 0.15) is 22.3 Å². The Hall–Kier alpha value is -3.62. The summed E-state index contributed by atoms with van der Waals surface area (Å²) < 4.78 is 3.37. The fraction of sp³-hybridized carbons (Fsp3) is 0. The number of pyridine rings is 2. The van der Waals surface area contributed by atoms with Gasteiger partial charge in [0.15, 0.2) is 0 Å². The van der Waals surface area contributed by atoms with E-state index in [2.05, 4.69) is 0 Å². The number of hydrogen-bond acceptors (Lipinski definition) is 6. The van der Waals surface area contributed by atoms with Crippen LogP contribution in [0.3, 0.4) is 0 Å². The zero-order valence-corrected chi connectivity index (χ0v) is 16.7. The van der Waals surface area contributed by atoms with Gasteiger partial charge in [0.05, 0.1) is 11.0 Å². The van der Waals surface area contributed by atoms with E-state index in [-0.39, 0.29) is 11.1 Å². The second-order valence-electron chi connectivity index (χ2n) is 7.51. The summed E-state index contributed by atoms with van der Waals surface area (Å²) in [5, 5.41) is 12.3. The van der Waals surface area contributed by atoms with Crippen molar-refractivity contribution in [2.24, 2.45) is 0 Å². The van der Waals surface area contributed by atoms with Crippen LogP contribution in [0.5, 0.6) is 0 Å². The van der Waals surface area contributed by atoms with E-state index < -0.39 is 0 Å². The molecule has 0 radical (unpaired) electrons. The summed E-state index contributed by atoms with van der Waals surface area (Å²) >= 11 is 3.06. The topological polar surface area (TPSA) is 68.7 Å². The fourth-order valence-corrected chi connectivity index (χ4v) is 6.31. The highest BCUT2D eigenvalue weighted by Gasteiger charge is 2.22. The van der Waals surface area contributed by atoms with Gasteiger partial charge >= 0.3 is 0 Å². The minimum Gasteiger partial charge on any atom is -0.268 e. The van der Waals surface area contributed by atoms with Crippen LogP contribution >= 0.6 is 22.7 Å². The highest BCUT2D eigenvalue weighted by Crippen LogP contribution is 2.37. The SMILES string of the molecule is O=c1c2ccc3c4c(ccc(c24)c2nc4cscc4n12)c(=O)n1c2cscc2nc31. The van der Waals surface area contributed by atoms with E-state index in [1.54, 1.807) is 8.80 Å². The van der Waals surface area contributed by atoms with Crippen LogP contribution in [0.2, 0.25) is 0 Å². The maximum absolute atomic E-state index is 13.4. The number of aromatic nitrogens is 4. The van der Waals surface area contributed by atoms with Crippen LogP contribution < -0.4 is 11.1 Å². The van der Waals surface area contributed by atoms with Gasteiger partial charge in [-0.25, -0.2) is 9.97 Å². The molecule has 0 saturated carbocycles. The van der Waals surface area contributed by atoms with E-state index in [4.69, 9.17) is 9.97 Å². The Morgan fingerprint density at radius 2 is 1.03 bits per heavy atom. The van der Waals surface area contributed by atoms with Crippen LogP contribution in [0.4, 0.5) is 0 Å². The van der Waals surface area contributed by atoms with Gasteiger partial charge in [-0.15, -0.1) is 22.7 Å². The first-order chi connectivity index (χ1) is 14.7. The first kappa shape index (κ1) is 15.3. The number of hydrogen-bond donors (Lipinski definition) is 0. The average molecular weight is 424 g/mol. The second kappa shape index (κ2) is 4.75. The summed E-state index contributed by atoms with van der Waals surface area (Å²) in [6, 6.07) is 7.55. The van der Waals surface area contributed by atoms with E-state index in [1.807, 2.05) is 45.8 Å². The molecule has 0 saturated heterocycles. The number of nitrogens with zero attached hydrogens (tertiary/aromatic N) is 4. The van der Waals surface area contributed by atoms with Gasteiger partial charge < -0.3 is 0 Å². The predicted molar refractivity (Wildman–Crippen MR) is 122 cm³/mol. The predicted octanol–water partition coefficient (Wildman–Crippen LogP) is 4.47. The maximum Gasteiger partial charge on any atom is 0.264 e. The molecule has 0 fully saturated rings. The summed E-state index contributed by atoms with van der Waals surface area (Å²) in [6.45, 7) is 0. The molecule has 6 heterocycles. The van der Waals surface area contributed by atoms with Gasteiger partial charge in [0.2, 0.25) is 0 Å². The van der Waals surface area contributed by atoms with Crippen LogP contribution in [0.15, 0.2) is 55.4 Å². The van der Waals surface area contributed by atoms with Gasteiger partial charge in [0.25, 0.3) is 11.1 Å². The fourth-order valence-electron chi connectivity index (χ4n) is 4.86. The van der Waals surface area contributed by atoms with E-state index >= 15 is 0 Å². The van der Waals surface area contributed by atoms with E-state index in [0.29, 0.717) is 22.1 Å². The maximum atomic E-state index is 13.4. The second-order valence-corrected chi connectivity index (χ2v) is 8.99. The third-order valence-electron chi connectivity index (χ3n) is 6.11. The molecule has 0 unspecified atom stereocenters.